The Morgan fingerprint density at radius 1 is 1.20 bits per heavy atom. The van der Waals surface area contributed by atoms with Crippen molar-refractivity contribution in [3.05, 3.63) is 75.6 Å². The number of hydrogen-bond acceptors (Lipinski definition) is 3. The Balaban J connectivity index is 2.42. The Hall–Kier alpha value is -2.52. The number of anilines is 1. The molecule has 3 rings (SSSR count). The molecule has 0 radical (unpaired) electrons. The van der Waals surface area contributed by atoms with Crippen molar-refractivity contribution >= 4 is 28.3 Å². The molecule has 0 aliphatic heterocycles. The monoisotopic (exact) mass is 353 g/mol. The summed E-state index contributed by atoms with van der Waals surface area (Å²) >= 11 is 5.98. The number of fused-ring (bicyclic) bond motifs is 1. The lowest BCUT2D eigenvalue weighted by Gasteiger charge is -2.15. The fourth-order valence-corrected chi connectivity index (χ4v) is 3.12. The standard InChI is InChI=1S/C21H20ClNO2/c1-4-5-15-17(23)11-10-16-19(24)18(13-6-8-14(22)9-7-13)20(12(2)3)25-21(15)16/h4,6-12H,1,5,23H2,2-3H3. The lowest BCUT2D eigenvalue weighted by molar-refractivity contribution is 0.510. The van der Waals surface area contributed by atoms with Crippen molar-refractivity contribution < 1.29 is 4.42 Å². The van der Waals surface area contributed by atoms with Gasteiger partial charge in [-0.15, -0.1) is 6.58 Å². The quantitative estimate of drug-likeness (QED) is 0.494. The van der Waals surface area contributed by atoms with Gasteiger partial charge in [0, 0.05) is 22.2 Å². The molecule has 1 aromatic heterocycles. The molecule has 0 aliphatic rings. The number of nitrogen functional groups attached to an aromatic ring is 1. The van der Waals surface area contributed by atoms with E-state index in [1.54, 1.807) is 30.3 Å². The second kappa shape index (κ2) is 6.77. The molecule has 0 spiro atoms. The van der Waals surface area contributed by atoms with Gasteiger partial charge in [0.25, 0.3) is 0 Å². The SMILES string of the molecule is C=CCc1c(N)ccc2c(=O)c(-c3ccc(Cl)cc3)c(C(C)C)oc12. The molecule has 0 unspecified atom stereocenters. The number of rotatable bonds is 4. The first-order chi connectivity index (χ1) is 11.9. The molecule has 0 bridgehead atoms. The minimum Gasteiger partial charge on any atom is -0.459 e. The van der Waals surface area contributed by atoms with Crippen molar-refractivity contribution in [2.75, 3.05) is 5.73 Å². The van der Waals surface area contributed by atoms with Crippen molar-refractivity contribution in [2.45, 2.75) is 26.2 Å². The van der Waals surface area contributed by atoms with Crippen LogP contribution in [0.25, 0.3) is 22.1 Å². The fourth-order valence-electron chi connectivity index (χ4n) is 3.00. The zero-order chi connectivity index (χ0) is 18.1. The van der Waals surface area contributed by atoms with Crippen LogP contribution in [-0.4, -0.2) is 0 Å². The van der Waals surface area contributed by atoms with Crippen molar-refractivity contribution in [3.8, 4) is 11.1 Å². The minimum atomic E-state index is -0.0578. The number of allylic oxidation sites excluding steroid dienone is 1. The van der Waals surface area contributed by atoms with Crippen LogP contribution in [0, 0.1) is 0 Å². The van der Waals surface area contributed by atoms with Crippen molar-refractivity contribution in [2.24, 2.45) is 0 Å². The topological polar surface area (TPSA) is 56.2 Å². The van der Waals surface area contributed by atoms with Gasteiger partial charge < -0.3 is 10.2 Å². The first kappa shape index (κ1) is 17.3. The van der Waals surface area contributed by atoms with Crippen LogP contribution in [0.3, 0.4) is 0 Å². The summed E-state index contributed by atoms with van der Waals surface area (Å²) < 4.78 is 6.22. The maximum Gasteiger partial charge on any atom is 0.200 e. The van der Waals surface area contributed by atoms with Crippen molar-refractivity contribution in [3.63, 3.8) is 0 Å². The van der Waals surface area contributed by atoms with Crippen molar-refractivity contribution in [1.29, 1.82) is 0 Å². The molecule has 0 saturated carbocycles. The Labute approximate surface area is 151 Å². The van der Waals surface area contributed by atoms with Gasteiger partial charge >= 0.3 is 0 Å². The molecule has 0 amide bonds. The third kappa shape index (κ3) is 3.08. The zero-order valence-electron chi connectivity index (χ0n) is 14.3. The summed E-state index contributed by atoms with van der Waals surface area (Å²) in [6, 6.07) is 10.7. The summed E-state index contributed by atoms with van der Waals surface area (Å²) in [6.45, 7) is 7.78. The molecular weight excluding hydrogens is 334 g/mol. The third-order valence-corrected chi connectivity index (χ3v) is 4.48. The second-order valence-corrected chi connectivity index (χ2v) is 6.77. The van der Waals surface area contributed by atoms with E-state index in [0.717, 1.165) is 11.1 Å². The highest BCUT2D eigenvalue weighted by atomic mass is 35.5. The zero-order valence-corrected chi connectivity index (χ0v) is 15.1. The van der Waals surface area contributed by atoms with Crippen molar-refractivity contribution in [1.82, 2.24) is 0 Å². The summed E-state index contributed by atoms with van der Waals surface area (Å²) in [7, 11) is 0. The molecule has 4 heteroatoms. The van der Waals surface area contributed by atoms with E-state index < -0.39 is 0 Å². The molecule has 0 saturated heterocycles. The molecule has 0 fully saturated rings. The van der Waals surface area contributed by atoms with E-state index in [-0.39, 0.29) is 11.3 Å². The predicted octanol–water partition coefficient (Wildman–Crippen LogP) is 5.55. The number of nitrogens with two attached hydrogens (primary N) is 1. The summed E-state index contributed by atoms with van der Waals surface area (Å²) in [5.41, 5.74) is 9.36. The summed E-state index contributed by atoms with van der Waals surface area (Å²) in [5, 5.41) is 1.15. The number of benzene rings is 2. The molecule has 1 heterocycles. The van der Waals surface area contributed by atoms with Gasteiger partial charge in [-0.2, -0.15) is 0 Å². The molecule has 0 atom stereocenters. The number of hydrogen-bond donors (Lipinski definition) is 1. The van der Waals surface area contributed by atoms with Gasteiger partial charge in [0.15, 0.2) is 0 Å². The van der Waals surface area contributed by atoms with Gasteiger partial charge in [0.2, 0.25) is 5.43 Å². The first-order valence-corrected chi connectivity index (χ1v) is 8.56. The fraction of sp³-hybridized carbons (Fsp3) is 0.190. The lowest BCUT2D eigenvalue weighted by Crippen LogP contribution is -2.11. The lowest BCUT2D eigenvalue weighted by atomic mass is 9.95. The average molecular weight is 354 g/mol. The van der Waals surface area contributed by atoms with Crippen LogP contribution in [0.2, 0.25) is 5.02 Å². The highest BCUT2D eigenvalue weighted by molar-refractivity contribution is 6.30. The van der Waals surface area contributed by atoms with Gasteiger partial charge in [-0.05, 0) is 36.2 Å². The van der Waals surface area contributed by atoms with Crippen LogP contribution >= 0.6 is 11.6 Å². The van der Waals surface area contributed by atoms with Crippen LogP contribution in [0.15, 0.2) is 58.3 Å². The van der Waals surface area contributed by atoms with E-state index in [1.165, 1.54) is 0 Å². The minimum absolute atomic E-state index is 0.0424. The molecule has 2 N–H and O–H groups in total. The van der Waals surface area contributed by atoms with E-state index in [2.05, 4.69) is 6.58 Å². The van der Waals surface area contributed by atoms with Crippen LogP contribution < -0.4 is 11.2 Å². The highest BCUT2D eigenvalue weighted by Crippen LogP contribution is 2.33. The Morgan fingerprint density at radius 2 is 1.88 bits per heavy atom. The molecule has 25 heavy (non-hydrogen) atoms. The average Bonchev–Trinajstić information content (AvgIpc) is 2.58. The van der Waals surface area contributed by atoms with Gasteiger partial charge in [-0.25, -0.2) is 0 Å². The van der Waals surface area contributed by atoms with Gasteiger partial charge in [-0.1, -0.05) is 43.7 Å². The van der Waals surface area contributed by atoms with E-state index in [0.29, 0.717) is 39.4 Å². The molecule has 2 aromatic carbocycles. The number of halogens is 1. The van der Waals surface area contributed by atoms with Crippen LogP contribution in [-0.2, 0) is 6.42 Å². The predicted molar refractivity (Wildman–Crippen MR) is 105 cm³/mol. The van der Waals surface area contributed by atoms with E-state index in [4.69, 9.17) is 21.8 Å². The maximum absolute atomic E-state index is 13.2. The third-order valence-electron chi connectivity index (χ3n) is 4.23. The normalized spacial score (nSPS) is 11.2. The Kier molecular flexibility index (Phi) is 4.69. The van der Waals surface area contributed by atoms with E-state index in [9.17, 15) is 4.79 Å². The van der Waals surface area contributed by atoms with E-state index in [1.807, 2.05) is 26.0 Å². The highest BCUT2D eigenvalue weighted by Gasteiger charge is 2.20. The molecule has 128 valence electrons. The molecule has 3 nitrogen and oxygen atoms in total. The van der Waals surface area contributed by atoms with Gasteiger partial charge in [0.05, 0.1) is 10.9 Å². The maximum atomic E-state index is 13.2. The van der Waals surface area contributed by atoms with Gasteiger partial charge in [-0.3, -0.25) is 4.79 Å². The van der Waals surface area contributed by atoms with Crippen LogP contribution in [0.4, 0.5) is 5.69 Å². The largest absolute Gasteiger partial charge is 0.459 e. The Bertz CT molecular complexity index is 1000. The summed E-state index contributed by atoms with van der Waals surface area (Å²) in [5.74, 6) is 0.691. The molecular formula is C21H20ClNO2. The molecule has 0 aliphatic carbocycles. The van der Waals surface area contributed by atoms with Crippen LogP contribution in [0.1, 0.15) is 31.1 Å². The smallest absolute Gasteiger partial charge is 0.200 e. The van der Waals surface area contributed by atoms with Gasteiger partial charge in [0.1, 0.15) is 11.3 Å². The van der Waals surface area contributed by atoms with E-state index >= 15 is 0 Å². The summed E-state index contributed by atoms with van der Waals surface area (Å²) in [6.07, 6.45) is 2.30. The second-order valence-electron chi connectivity index (χ2n) is 6.33. The Morgan fingerprint density at radius 3 is 2.48 bits per heavy atom. The summed E-state index contributed by atoms with van der Waals surface area (Å²) in [4.78, 5) is 13.2. The molecule has 3 aromatic rings. The first-order valence-electron chi connectivity index (χ1n) is 8.19. The van der Waals surface area contributed by atoms with Crippen LogP contribution in [0.5, 0.6) is 0 Å².